The molecular formula is C13H16BrFN2O3S. The Morgan fingerprint density at radius 2 is 2.05 bits per heavy atom. The van der Waals surface area contributed by atoms with Crippen LogP contribution in [0.3, 0.4) is 0 Å². The fourth-order valence-corrected chi connectivity index (χ4v) is 5.45. The van der Waals surface area contributed by atoms with Crippen LogP contribution >= 0.6 is 15.9 Å². The molecule has 0 aromatic heterocycles. The summed E-state index contributed by atoms with van der Waals surface area (Å²) in [5, 5.41) is 9.89. The number of fused-ring (bicyclic) bond motifs is 1. The Bertz CT molecular complexity index is 682. The highest BCUT2D eigenvalue weighted by molar-refractivity contribution is 9.10. The molecule has 1 aliphatic heterocycles. The van der Waals surface area contributed by atoms with Crippen molar-refractivity contribution in [1.29, 1.82) is 0 Å². The van der Waals surface area contributed by atoms with Crippen LogP contribution in [0.5, 0.6) is 0 Å². The lowest BCUT2D eigenvalue weighted by Gasteiger charge is -2.19. The van der Waals surface area contributed by atoms with E-state index in [1.54, 1.807) is 0 Å². The van der Waals surface area contributed by atoms with Gasteiger partial charge in [0.25, 0.3) is 0 Å². The van der Waals surface area contributed by atoms with Crippen LogP contribution in [0.4, 0.5) is 10.1 Å². The molecular weight excluding hydrogens is 363 g/mol. The molecule has 0 radical (unpaired) electrons. The van der Waals surface area contributed by atoms with Crippen molar-refractivity contribution in [1.82, 2.24) is 4.31 Å². The number of benzene rings is 1. The standard InChI is InChI=1S/C13H16BrFN2O3S/c14-9-3-13(11(16)4-10(9)15)21(19,20)17-5-7-1-2-12(18)8(7)6-17/h3-4,7-8,12,18H,1-2,5-6,16H2. The summed E-state index contributed by atoms with van der Waals surface area (Å²) in [5.74, 6) is -0.412. The highest BCUT2D eigenvalue weighted by Gasteiger charge is 2.46. The van der Waals surface area contributed by atoms with Crippen molar-refractivity contribution in [3.8, 4) is 0 Å². The van der Waals surface area contributed by atoms with Crippen molar-refractivity contribution in [3.05, 3.63) is 22.4 Å². The van der Waals surface area contributed by atoms with E-state index in [1.807, 2.05) is 0 Å². The number of aliphatic hydroxyl groups excluding tert-OH is 1. The number of hydrogen-bond acceptors (Lipinski definition) is 4. The first kappa shape index (κ1) is 15.2. The molecule has 1 saturated carbocycles. The first-order valence-corrected chi connectivity index (χ1v) is 8.96. The molecule has 2 aliphatic rings. The van der Waals surface area contributed by atoms with E-state index < -0.39 is 21.9 Å². The minimum absolute atomic E-state index is 0.00936. The third-order valence-electron chi connectivity index (χ3n) is 4.46. The van der Waals surface area contributed by atoms with Gasteiger partial charge in [-0.3, -0.25) is 0 Å². The van der Waals surface area contributed by atoms with Crippen molar-refractivity contribution in [3.63, 3.8) is 0 Å². The van der Waals surface area contributed by atoms with Gasteiger partial charge in [-0.2, -0.15) is 4.31 Å². The molecule has 116 valence electrons. The maximum absolute atomic E-state index is 13.4. The van der Waals surface area contributed by atoms with Crippen molar-refractivity contribution >= 4 is 31.6 Å². The topological polar surface area (TPSA) is 83.6 Å². The quantitative estimate of drug-likeness (QED) is 0.764. The van der Waals surface area contributed by atoms with Gasteiger partial charge in [-0.15, -0.1) is 0 Å². The summed E-state index contributed by atoms with van der Waals surface area (Å²) in [5.41, 5.74) is 5.57. The Morgan fingerprint density at radius 3 is 2.71 bits per heavy atom. The lowest BCUT2D eigenvalue weighted by atomic mass is 10.00. The predicted molar refractivity (Wildman–Crippen MR) is 79.5 cm³/mol. The average Bonchev–Trinajstić information content (AvgIpc) is 2.97. The van der Waals surface area contributed by atoms with Crippen LogP contribution in [0.1, 0.15) is 12.8 Å². The minimum Gasteiger partial charge on any atom is -0.398 e. The molecule has 2 fully saturated rings. The van der Waals surface area contributed by atoms with Gasteiger partial charge in [0.2, 0.25) is 10.0 Å². The normalized spacial score (nSPS) is 29.8. The first-order chi connectivity index (χ1) is 9.80. The summed E-state index contributed by atoms with van der Waals surface area (Å²) in [7, 11) is -3.77. The van der Waals surface area contributed by atoms with Crippen molar-refractivity contribution in [2.24, 2.45) is 11.8 Å². The fourth-order valence-electron chi connectivity index (χ4n) is 3.30. The molecule has 1 heterocycles. The summed E-state index contributed by atoms with van der Waals surface area (Å²) in [4.78, 5) is -0.0924. The molecule has 5 nitrogen and oxygen atoms in total. The van der Waals surface area contributed by atoms with E-state index in [0.717, 1.165) is 18.9 Å². The Hall–Kier alpha value is -0.700. The second-order valence-corrected chi connectivity index (χ2v) is 8.46. The van der Waals surface area contributed by atoms with E-state index in [-0.39, 0.29) is 26.9 Å². The monoisotopic (exact) mass is 378 g/mol. The third-order valence-corrected chi connectivity index (χ3v) is 6.95. The SMILES string of the molecule is Nc1cc(F)c(Br)cc1S(=O)(=O)N1CC2CCC(O)C2C1. The van der Waals surface area contributed by atoms with Crippen molar-refractivity contribution < 1.29 is 17.9 Å². The van der Waals surface area contributed by atoms with E-state index in [1.165, 1.54) is 10.4 Å². The molecule has 1 saturated heterocycles. The molecule has 21 heavy (non-hydrogen) atoms. The predicted octanol–water partition coefficient (Wildman–Crippen LogP) is 1.56. The van der Waals surface area contributed by atoms with Gasteiger partial charge in [0.15, 0.2) is 0 Å². The van der Waals surface area contributed by atoms with Gasteiger partial charge in [0.1, 0.15) is 10.7 Å². The molecule has 0 spiro atoms. The van der Waals surface area contributed by atoms with Crippen LogP contribution in [0.2, 0.25) is 0 Å². The van der Waals surface area contributed by atoms with E-state index >= 15 is 0 Å². The fraction of sp³-hybridized carbons (Fsp3) is 0.538. The zero-order valence-electron chi connectivity index (χ0n) is 11.2. The van der Waals surface area contributed by atoms with Gasteiger partial charge in [0, 0.05) is 19.0 Å². The van der Waals surface area contributed by atoms with E-state index in [9.17, 15) is 17.9 Å². The number of nitrogen functional groups attached to an aromatic ring is 1. The molecule has 0 amide bonds. The molecule has 8 heteroatoms. The third kappa shape index (κ3) is 2.48. The lowest BCUT2D eigenvalue weighted by molar-refractivity contribution is 0.129. The number of rotatable bonds is 2. The smallest absolute Gasteiger partial charge is 0.245 e. The number of halogens is 2. The summed E-state index contributed by atoms with van der Waals surface area (Å²) in [6, 6.07) is 2.20. The number of hydrogen-bond donors (Lipinski definition) is 2. The summed E-state index contributed by atoms with van der Waals surface area (Å²) in [6.45, 7) is 0.682. The largest absolute Gasteiger partial charge is 0.398 e. The minimum atomic E-state index is -3.77. The highest BCUT2D eigenvalue weighted by atomic mass is 79.9. The maximum atomic E-state index is 13.4. The van der Waals surface area contributed by atoms with E-state index in [0.29, 0.717) is 13.1 Å². The number of nitrogens with zero attached hydrogens (tertiary/aromatic N) is 1. The molecule has 3 N–H and O–H groups in total. The molecule has 3 rings (SSSR count). The van der Waals surface area contributed by atoms with Crippen LogP contribution in [0.15, 0.2) is 21.5 Å². The molecule has 1 aliphatic carbocycles. The summed E-state index contributed by atoms with van der Waals surface area (Å²) >= 11 is 2.99. The van der Waals surface area contributed by atoms with Crippen LogP contribution in [-0.2, 0) is 10.0 Å². The molecule has 1 aromatic carbocycles. The summed E-state index contributed by atoms with van der Waals surface area (Å²) < 4.78 is 40.2. The Labute approximate surface area is 131 Å². The average molecular weight is 379 g/mol. The van der Waals surface area contributed by atoms with Crippen LogP contribution in [0.25, 0.3) is 0 Å². The van der Waals surface area contributed by atoms with Crippen LogP contribution in [-0.4, -0.2) is 37.0 Å². The zero-order chi connectivity index (χ0) is 15.4. The molecule has 3 unspecified atom stereocenters. The molecule has 1 aromatic rings. The molecule has 3 atom stereocenters. The van der Waals surface area contributed by atoms with Crippen LogP contribution < -0.4 is 5.73 Å². The van der Waals surface area contributed by atoms with Crippen LogP contribution in [0, 0.1) is 17.7 Å². The van der Waals surface area contributed by atoms with E-state index in [2.05, 4.69) is 15.9 Å². The lowest BCUT2D eigenvalue weighted by Crippen LogP contribution is -2.31. The second kappa shape index (κ2) is 5.19. The van der Waals surface area contributed by atoms with Gasteiger partial charge in [-0.05, 0) is 46.8 Å². The van der Waals surface area contributed by atoms with Gasteiger partial charge < -0.3 is 10.8 Å². The Kier molecular flexibility index (Phi) is 3.76. The van der Waals surface area contributed by atoms with Crippen molar-refractivity contribution in [2.75, 3.05) is 18.8 Å². The zero-order valence-corrected chi connectivity index (χ0v) is 13.6. The number of aliphatic hydroxyl groups is 1. The van der Waals surface area contributed by atoms with Gasteiger partial charge in [0.05, 0.1) is 16.3 Å². The Morgan fingerprint density at radius 1 is 1.33 bits per heavy atom. The second-order valence-electron chi connectivity index (χ2n) is 5.69. The van der Waals surface area contributed by atoms with Gasteiger partial charge >= 0.3 is 0 Å². The number of anilines is 1. The van der Waals surface area contributed by atoms with Gasteiger partial charge in [-0.25, -0.2) is 12.8 Å². The first-order valence-electron chi connectivity index (χ1n) is 6.73. The van der Waals surface area contributed by atoms with E-state index in [4.69, 9.17) is 5.73 Å². The maximum Gasteiger partial charge on any atom is 0.245 e. The number of nitrogens with two attached hydrogens (primary N) is 1. The van der Waals surface area contributed by atoms with Gasteiger partial charge in [-0.1, -0.05) is 0 Å². The summed E-state index contributed by atoms with van der Waals surface area (Å²) in [6.07, 6.45) is 1.13. The molecule has 0 bridgehead atoms. The number of sulfonamides is 1. The van der Waals surface area contributed by atoms with Crippen molar-refractivity contribution in [2.45, 2.75) is 23.8 Å². The highest BCUT2D eigenvalue weighted by Crippen LogP contribution is 2.41. The Balaban J connectivity index is 1.94.